The van der Waals surface area contributed by atoms with Gasteiger partial charge in [0.05, 0.1) is 12.5 Å². The molecule has 0 spiro atoms. The van der Waals surface area contributed by atoms with Gasteiger partial charge in [-0.25, -0.2) is 0 Å². The molecule has 0 heterocycles. The second-order valence-corrected chi connectivity index (χ2v) is 3.01. The van der Waals surface area contributed by atoms with Gasteiger partial charge < -0.3 is 4.74 Å². The van der Waals surface area contributed by atoms with Crippen LogP contribution in [0.3, 0.4) is 0 Å². The molecule has 0 aliphatic carbocycles. The molecule has 0 aliphatic rings. The topological polar surface area (TPSA) is 26.3 Å². The average Bonchev–Trinajstić information content (AvgIpc) is 1.88. The molecule has 1 atom stereocenters. The zero-order chi connectivity index (χ0) is 8.85. The van der Waals surface area contributed by atoms with Crippen LogP contribution in [0.1, 0.15) is 34.1 Å². The van der Waals surface area contributed by atoms with E-state index in [-0.39, 0.29) is 11.9 Å². The molecule has 0 fully saturated rings. The fourth-order valence-corrected chi connectivity index (χ4v) is 1.16. The summed E-state index contributed by atoms with van der Waals surface area (Å²) >= 11 is 0. The highest BCUT2D eigenvalue weighted by Gasteiger charge is 2.20. The van der Waals surface area contributed by atoms with E-state index in [9.17, 15) is 4.79 Å². The Morgan fingerprint density at radius 3 is 2.18 bits per heavy atom. The van der Waals surface area contributed by atoms with E-state index in [1.54, 1.807) is 0 Å². The first kappa shape index (κ1) is 10.5. The smallest absolute Gasteiger partial charge is 0.309 e. The standard InChI is InChI=1S/C9H18O2/c1-5-8(7(3)4)9(10)11-6-2/h7-8H,5-6H2,1-4H3. The summed E-state index contributed by atoms with van der Waals surface area (Å²) in [5.41, 5.74) is 0. The van der Waals surface area contributed by atoms with Gasteiger partial charge in [-0.2, -0.15) is 0 Å². The Morgan fingerprint density at radius 2 is 1.91 bits per heavy atom. The lowest BCUT2D eigenvalue weighted by Crippen LogP contribution is -2.21. The van der Waals surface area contributed by atoms with Crippen LogP contribution in [-0.4, -0.2) is 12.6 Å². The van der Waals surface area contributed by atoms with Gasteiger partial charge in [0.15, 0.2) is 0 Å². The Morgan fingerprint density at radius 1 is 1.36 bits per heavy atom. The van der Waals surface area contributed by atoms with Crippen molar-refractivity contribution in [2.45, 2.75) is 34.1 Å². The SMILES string of the molecule is CCOC(=O)C(CC)C(C)C. The van der Waals surface area contributed by atoms with Crippen LogP contribution in [0.2, 0.25) is 0 Å². The van der Waals surface area contributed by atoms with Crippen molar-refractivity contribution in [2.24, 2.45) is 11.8 Å². The molecule has 0 aromatic rings. The van der Waals surface area contributed by atoms with Gasteiger partial charge in [0.1, 0.15) is 0 Å². The number of hydrogen-bond donors (Lipinski definition) is 0. The lowest BCUT2D eigenvalue weighted by atomic mass is 9.94. The normalized spacial score (nSPS) is 13.2. The number of ether oxygens (including phenoxy) is 1. The first-order valence-corrected chi connectivity index (χ1v) is 4.30. The second-order valence-electron chi connectivity index (χ2n) is 3.01. The fourth-order valence-electron chi connectivity index (χ4n) is 1.16. The molecular formula is C9H18O2. The second kappa shape index (κ2) is 5.16. The highest BCUT2D eigenvalue weighted by atomic mass is 16.5. The van der Waals surface area contributed by atoms with E-state index in [2.05, 4.69) is 0 Å². The molecule has 0 N–H and O–H groups in total. The van der Waals surface area contributed by atoms with Gasteiger partial charge in [-0.05, 0) is 19.3 Å². The van der Waals surface area contributed by atoms with Crippen LogP contribution in [0.4, 0.5) is 0 Å². The molecular weight excluding hydrogens is 140 g/mol. The van der Waals surface area contributed by atoms with E-state index in [1.165, 1.54) is 0 Å². The fraction of sp³-hybridized carbons (Fsp3) is 0.889. The minimum absolute atomic E-state index is 0.0509. The zero-order valence-corrected chi connectivity index (χ0v) is 7.89. The van der Waals surface area contributed by atoms with E-state index in [4.69, 9.17) is 4.74 Å². The van der Waals surface area contributed by atoms with Crippen molar-refractivity contribution in [3.8, 4) is 0 Å². The van der Waals surface area contributed by atoms with E-state index in [0.717, 1.165) is 6.42 Å². The number of carbonyl (C=O) groups is 1. The summed E-state index contributed by atoms with van der Waals surface area (Å²) < 4.78 is 4.92. The minimum atomic E-state index is -0.0509. The lowest BCUT2D eigenvalue weighted by Gasteiger charge is -2.16. The monoisotopic (exact) mass is 158 g/mol. The van der Waals surface area contributed by atoms with E-state index >= 15 is 0 Å². The molecule has 0 amide bonds. The molecule has 0 saturated carbocycles. The molecule has 1 unspecified atom stereocenters. The lowest BCUT2D eigenvalue weighted by molar-refractivity contribution is -0.149. The number of rotatable bonds is 4. The molecule has 0 bridgehead atoms. The maximum atomic E-state index is 11.2. The van der Waals surface area contributed by atoms with Gasteiger partial charge in [0, 0.05) is 0 Å². The van der Waals surface area contributed by atoms with Gasteiger partial charge in [-0.1, -0.05) is 20.8 Å². The number of hydrogen-bond acceptors (Lipinski definition) is 2. The van der Waals surface area contributed by atoms with Gasteiger partial charge in [0.25, 0.3) is 0 Å². The molecule has 0 rings (SSSR count). The third kappa shape index (κ3) is 3.40. The molecule has 0 aliphatic heterocycles. The van der Waals surface area contributed by atoms with Crippen molar-refractivity contribution >= 4 is 5.97 Å². The van der Waals surface area contributed by atoms with Gasteiger partial charge in [-0.15, -0.1) is 0 Å². The van der Waals surface area contributed by atoms with Crippen molar-refractivity contribution in [1.82, 2.24) is 0 Å². The van der Waals surface area contributed by atoms with Gasteiger partial charge >= 0.3 is 5.97 Å². The van der Waals surface area contributed by atoms with Crippen LogP contribution in [0.15, 0.2) is 0 Å². The molecule has 0 aromatic carbocycles. The van der Waals surface area contributed by atoms with E-state index < -0.39 is 0 Å². The summed E-state index contributed by atoms with van der Waals surface area (Å²) in [6, 6.07) is 0. The van der Waals surface area contributed by atoms with Crippen molar-refractivity contribution < 1.29 is 9.53 Å². The van der Waals surface area contributed by atoms with Crippen molar-refractivity contribution in [1.29, 1.82) is 0 Å². The third-order valence-electron chi connectivity index (χ3n) is 1.83. The molecule has 2 heteroatoms. The number of carbonyl (C=O) groups excluding carboxylic acids is 1. The largest absolute Gasteiger partial charge is 0.466 e. The van der Waals surface area contributed by atoms with Crippen molar-refractivity contribution in [3.63, 3.8) is 0 Å². The quantitative estimate of drug-likeness (QED) is 0.586. The van der Waals surface area contributed by atoms with Crippen LogP contribution in [-0.2, 0) is 9.53 Å². The van der Waals surface area contributed by atoms with Crippen LogP contribution >= 0.6 is 0 Å². The average molecular weight is 158 g/mol. The molecule has 0 aromatic heterocycles. The Hall–Kier alpha value is -0.530. The molecule has 66 valence electrons. The zero-order valence-electron chi connectivity index (χ0n) is 7.89. The Balaban J connectivity index is 3.92. The van der Waals surface area contributed by atoms with Crippen molar-refractivity contribution in [3.05, 3.63) is 0 Å². The van der Waals surface area contributed by atoms with Gasteiger partial charge in [0.2, 0.25) is 0 Å². The third-order valence-corrected chi connectivity index (χ3v) is 1.83. The summed E-state index contributed by atoms with van der Waals surface area (Å²) in [5.74, 6) is 0.416. The molecule has 0 radical (unpaired) electrons. The van der Waals surface area contributed by atoms with Crippen LogP contribution < -0.4 is 0 Å². The predicted molar refractivity (Wildman–Crippen MR) is 45.3 cm³/mol. The Labute approximate surface area is 68.9 Å². The van der Waals surface area contributed by atoms with Crippen LogP contribution in [0, 0.1) is 11.8 Å². The minimum Gasteiger partial charge on any atom is -0.466 e. The molecule has 2 nitrogen and oxygen atoms in total. The number of esters is 1. The van der Waals surface area contributed by atoms with E-state index in [1.807, 2.05) is 27.7 Å². The predicted octanol–water partition coefficient (Wildman–Crippen LogP) is 2.23. The Kier molecular flexibility index (Phi) is 4.92. The summed E-state index contributed by atoms with van der Waals surface area (Å²) in [4.78, 5) is 11.2. The van der Waals surface area contributed by atoms with Crippen LogP contribution in [0.25, 0.3) is 0 Å². The Bertz CT molecular complexity index is 119. The summed E-state index contributed by atoms with van der Waals surface area (Å²) in [5, 5.41) is 0. The first-order chi connectivity index (χ1) is 5.13. The molecule has 0 saturated heterocycles. The van der Waals surface area contributed by atoms with Gasteiger partial charge in [-0.3, -0.25) is 4.79 Å². The summed E-state index contributed by atoms with van der Waals surface area (Å²) in [6.45, 7) is 8.44. The first-order valence-electron chi connectivity index (χ1n) is 4.30. The summed E-state index contributed by atoms with van der Waals surface area (Å²) in [7, 11) is 0. The van der Waals surface area contributed by atoms with Crippen molar-refractivity contribution in [2.75, 3.05) is 6.61 Å². The maximum absolute atomic E-state index is 11.2. The summed E-state index contributed by atoms with van der Waals surface area (Å²) in [6.07, 6.45) is 0.872. The highest BCUT2D eigenvalue weighted by molar-refractivity contribution is 5.72. The highest BCUT2D eigenvalue weighted by Crippen LogP contribution is 2.16. The maximum Gasteiger partial charge on any atom is 0.309 e. The van der Waals surface area contributed by atoms with Crippen LogP contribution in [0.5, 0.6) is 0 Å². The van der Waals surface area contributed by atoms with E-state index in [0.29, 0.717) is 12.5 Å². The molecule has 11 heavy (non-hydrogen) atoms.